The van der Waals surface area contributed by atoms with Crippen LogP contribution in [-0.4, -0.2) is 89.2 Å². The van der Waals surface area contributed by atoms with Crippen molar-refractivity contribution in [3.8, 4) is 0 Å². The number of hydrogen-bond acceptors (Lipinski definition) is 9. The molecule has 278 valence electrons. The summed E-state index contributed by atoms with van der Waals surface area (Å²) in [4.78, 5) is 70.7. The van der Waals surface area contributed by atoms with Crippen LogP contribution in [0.3, 0.4) is 0 Å². The van der Waals surface area contributed by atoms with Gasteiger partial charge < -0.3 is 25.0 Å². The second kappa shape index (κ2) is 14.1. The highest BCUT2D eigenvalue weighted by atomic mass is 32.2. The average molecular weight is 732 g/mol. The molecule has 14 nitrogen and oxygen atoms in total. The Bertz CT molecular complexity index is 1730. The van der Waals surface area contributed by atoms with E-state index in [4.69, 9.17) is 9.47 Å². The van der Waals surface area contributed by atoms with Crippen LogP contribution in [0.15, 0.2) is 30.4 Å². The van der Waals surface area contributed by atoms with Crippen molar-refractivity contribution in [3.05, 3.63) is 47.3 Å². The topological polar surface area (TPSA) is 181 Å². The standard InChI is InChI=1S/C35H46FN5O9S/c1-34(2,3)38-32(45)50-28-13-8-6-4-5-7-11-22-17-35(22,31(44)39-51(47,48)24-14-15-24)37-29(42)27-16-23(19-41(27)30(28)43)49-33(46)40-18-21-10-9-12-26(36)25(21)20-40/h7,9-12,22-24,27-28H,4-6,8,13-20H2,1-3H3,(H,37,42)(H,38,45)(H,39,44)/b11-7-/t22-,23-,27+,28?,35-/m1/s1. The molecule has 0 bridgehead atoms. The number of ether oxygens (including phenoxy) is 2. The van der Waals surface area contributed by atoms with E-state index >= 15 is 0 Å². The minimum atomic E-state index is -3.92. The van der Waals surface area contributed by atoms with Crippen molar-refractivity contribution in [1.29, 1.82) is 0 Å². The molecule has 1 saturated heterocycles. The normalized spacial score (nSPS) is 28.9. The molecule has 1 aromatic carbocycles. The van der Waals surface area contributed by atoms with E-state index in [0.29, 0.717) is 43.2 Å². The predicted molar refractivity (Wildman–Crippen MR) is 180 cm³/mol. The first-order valence-electron chi connectivity index (χ1n) is 17.6. The third-order valence-corrected chi connectivity index (χ3v) is 11.8. The third kappa shape index (κ3) is 8.31. The van der Waals surface area contributed by atoms with Gasteiger partial charge in [0.2, 0.25) is 15.9 Å². The molecule has 5 atom stereocenters. The van der Waals surface area contributed by atoms with E-state index in [1.165, 1.54) is 15.9 Å². The van der Waals surface area contributed by atoms with E-state index in [1.807, 2.05) is 12.2 Å². The predicted octanol–water partition coefficient (Wildman–Crippen LogP) is 3.14. The maximum Gasteiger partial charge on any atom is 0.410 e. The SMILES string of the molecule is CC(C)(C)NC(=O)OC1CCCCC/C=C\[C@@H]2C[C@@]2(C(=O)NS(=O)(=O)C2CC2)NC(=O)[C@@H]2C[C@@H](OC(=O)N3Cc4cccc(F)c4C3)CN2C1=O. The average Bonchev–Trinajstić information content (AvgIpc) is 3.93. The summed E-state index contributed by atoms with van der Waals surface area (Å²) in [7, 11) is -3.92. The van der Waals surface area contributed by atoms with Gasteiger partial charge in [-0.2, -0.15) is 0 Å². The monoisotopic (exact) mass is 731 g/mol. The van der Waals surface area contributed by atoms with Crippen molar-refractivity contribution in [1.82, 2.24) is 25.2 Å². The molecule has 3 heterocycles. The molecule has 3 N–H and O–H groups in total. The van der Waals surface area contributed by atoms with Crippen molar-refractivity contribution in [2.45, 2.75) is 126 Å². The quantitative estimate of drug-likeness (QED) is 0.384. The van der Waals surface area contributed by atoms with Gasteiger partial charge in [0.15, 0.2) is 6.10 Å². The second-order valence-corrected chi connectivity index (χ2v) is 17.2. The first kappa shape index (κ1) is 36.6. The first-order chi connectivity index (χ1) is 24.1. The van der Waals surface area contributed by atoms with Crippen molar-refractivity contribution >= 4 is 39.9 Å². The summed E-state index contributed by atoms with van der Waals surface area (Å²) in [5, 5.41) is 4.80. The van der Waals surface area contributed by atoms with Gasteiger partial charge in [-0.05, 0) is 77.3 Å². The Hall–Kier alpha value is -4.21. The number of allylic oxidation sites excluding steroid dienone is 1. The maximum absolute atomic E-state index is 14.4. The van der Waals surface area contributed by atoms with Gasteiger partial charge in [0.05, 0.1) is 18.3 Å². The summed E-state index contributed by atoms with van der Waals surface area (Å²) in [6.45, 7) is 5.20. The summed E-state index contributed by atoms with van der Waals surface area (Å²) < 4.78 is 53.5. The zero-order valence-corrected chi connectivity index (χ0v) is 29.9. The van der Waals surface area contributed by atoms with Gasteiger partial charge in [-0.1, -0.05) is 30.7 Å². The van der Waals surface area contributed by atoms with E-state index in [9.17, 15) is 36.8 Å². The number of alkyl carbamates (subject to hydrolysis) is 1. The number of amides is 5. The lowest BCUT2D eigenvalue weighted by Crippen LogP contribution is -2.57. The van der Waals surface area contributed by atoms with Crippen LogP contribution in [0.5, 0.6) is 0 Å². The Morgan fingerprint density at radius 1 is 1.04 bits per heavy atom. The number of sulfonamides is 1. The molecule has 0 aromatic heterocycles. The summed E-state index contributed by atoms with van der Waals surface area (Å²) in [5.74, 6) is -3.16. The van der Waals surface area contributed by atoms with Gasteiger partial charge in [-0.15, -0.1) is 0 Å². The number of nitrogens with one attached hydrogen (secondary N) is 3. The number of fused-ring (bicyclic) bond motifs is 3. The molecule has 51 heavy (non-hydrogen) atoms. The summed E-state index contributed by atoms with van der Waals surface area (Å²) >= 11 is 0. The zero-order chi connectivity index (χ0) is 36.7. The maximum atomic E-state index is 14.4. The lowest BCUT2D eigenvalue weighted by Gasteiger charge is -2.30. The van der Waals surface area contributed by atoms with E-state index in [2.05, 4.69) is 15.4 Å². The van der Waals surface area contributed by atoms with Crippen LogP contribution in [0.1, 0.15) is 89.7 Å². The molecule has 1 aromatic rings. The van der Waals surface area contributed by atoms with E-state index in [0.717, 1.165) is 6.42 Å². The number of rotatable bonds is 5. The number of halogens is 1. The number of nitrogens with zero attached hydrogens (tertiary/aromatic N) is 2. The fourth-order valence-corrected chi connectivity index (χ4v) is 8.34. The number of hydrogen-bond donors (Lipinski definition) is 3. The molecule has 3 fully saturated rings. The Kier molecular flexibility index (Phi) is 10.1. The van der Waals surface area contributed by atoms with Crippen molar-refractivity contribution in [2.24, 2.45) is 5.92 Å². The summed E-state index contributed by atoms with van der Waals surface area (Å²) in [5.41, 5.74) is -1.18. The van der Waals surface area contributed by atoms with Gasteiger partial charge in [0, 0.05) is 30.0 Å². The lowest BCUT2D eigenvalue weighted by molar-refractivity contribution is -0.146. The molecule has 1 unspecified atom stereocenters. The molecule has 0 radical (unpaired) electrons. The van der Waals surface area contributed by atoms with E-state index in [-0.39, 0.29) is 38.9 Å². The number of benzene rings is 1. The minimum absolute atomic E-state index is 0.00474. The second-order valence-electron chi connectivity index (χ2n) is 15.3. The minimum Gasteiger partial charge on any atom is -0.444 e. The summed E-state index contributed by atoms with van der Waals surface area (Å²) in [6, 6.07) is 3.35. The fourth-order valence-electron chi connectivity index (χ4n) is 6.98. The Morgan fingerprint density at radius 2 is 1.80 bits per heavy atom. The van der Waals surface area contributed by atoms with Crippen LogP contribution in [0.4, 0.5) is 14.0 Å². The summed E-state index contributed by atoms with van der Waals surface area (Å²) in [6.07, 6.45) is 3.65. The number of carbonyl (C=O) groups is 5. The zero-order valence-electron chi connectivity index (χ0n) is 29.1. The fraction of sp³-hybridized carbons (Fsp3) is 0.629. The molecule has 6 rings (SSSR count). The highest BCUT2D eigenvalue weighted by Gasteiger charge is 2.62. The van der Waals surface area contributed by atoms with Crippen molar-refractivity contribution < 1.29 is 46.3 Å². The van der Waals surface area contributed by atoms with Crippen LogP contribution < -0.4 is 15.4 Å². The molecular weight excluding hydrogens is 685 g/mol. The molecular formula is C35H46FN5O9S. The van der Waals surface area contributed by atoms with E-state index < -0.39 is 86.2 Å². The van der Waals surface area contributed by atoms with Crippen LogP contribution in [0.25, 0.3) is 0 Å². The lowest BCUT2D eigenvalue weighted by atomic mass is 10.1. The van der Waals surface area contributed by atoms with E-state index in [1.54, 1.807) is 32.9 Å². The Balaban J connectivity index is 1.25. The molecule has 2 saturated carbocycles. The van der Waals surface area contributed by atoms with Crippen molar-refractivity contribution in [2.75, 3.05) is 6.54 Å². The molecule has 2 aliphatic carbocycles. The van der Waals surface area contributed by atoms with Gasteiger partial charge in [-0.3, -0.25) is 24.0 Å². The van der Waals surface area contributed by atoms with Gasteiger partial charge in [0.1, 0.15) is 23.5 Å². The van der Waals surface area contributed by atoms with Gasteiger partial charge in [-0.25, -0.2) is 22.4 Å². The smallest absolute Gasteiger partial charge is 0.410 e. The molecule has 5 aliphatic rings. The molecule has 5 amide bonds. The van der Waals surface area contributed by atoms with Crippen LogP contribution in [-0.2, 0) is 47.0 Å². The number of carbonyl (C=O) groups excluding carboxylic acids is 5. The van der Waals surface area contributed by atoms with Crippen LogP contribution in [0, 0.1) is 11.7 Å². The van der Waals surface area contributed by atoms with Crippen LogP contribution >= 0.6 is 0 Å². The highest BCUT2D eigenvalue weighted by molar-refractivity contribution is 7.91. The largest absolute Gasteiger partial charge is 0.444 e. The molecule has 16 heteroatoms. The first-order valence-corrected chi connectivity index (χ1v) is 19.2. The Morgan fingerprint density at radius 3 is 2.51 bits per heavy atom. The third-order valence-electron chi connectivity index (χ3n) is 9.97. The van der Waals surface area contributed by atoms with Gasteiger partial charge >= 0.3 is 12.2 Å². The highest BCUT2D eigenvalue weighted by Crippen LogP contribution is 2.46. The molecule has 0 spiro atoms. The van der Waals surface area contributed by atoms with Crippen LogP contribution in [0.2, 0.25) is 0 Å². The Labute approximate surface area is 296 Å². The molecule has 3 aliphatic heterocycles. The van der Waals surface area contributed by atoms with Gasteiger partial charge in [0.25, 0.3) is 11.8 Å². The van der Waals surface area contributed by atoms with Crippen molar-refractivity contribution in [3.63, 3.8) is 0 Å².